The van der Waals surface area contributed by atoms with Crippen LogP contribution >= 0.6 is 23.1 Å². The molecule has 37 heteroatoms. The zero-order chi connectivity index (χ0) is 60.7. The molecule has 0 aliphatic heterocycles. The Morgan fingerprint density at radius 2 is 1.40 bits per heavy atom. The Balaban J connectivity index is 1.23. The number of methoxy groups -OCH3 is 1. The topological polar surface area (TPSA) is 468 Å². The van der Waals surface area contributed by atoms with Crippen LogP contribution in [0.15, 0.2) is 111 Å². The van der Waals surface area contributed by atoms with Gasteiger partial charge in [0.05, 0.1) is 58.0 Å². The van der Waals surface area contributed by atoms with E-state index < -0.39 is 105 Å². The van der Waals surface area contributed by atoms with E-state index >= 15 is 0 Å². The van der Waals surface area contributed by atoms with Gasteiger partial charge in [0.1, 0.15) is 49.8 Å². The van der Waals surface area contributed by atoms with E-state index in [9.17, 15) is 80.0 Å². The molecule has 0 fully saturated rings. The number of aromatic hydroxyl groups is 1. The molecule has 7 N–H and O–H groups in total. The zero-order valence-corrected chi connectivity index (χ0v) is 48.6. The number of aryl methyl sites for hydroxylation is 1. The van der Waals surface area contributed by atoms with Crippen molar-refractivity contribution < 1.29 is 84.2 Å². The number of rotatable bonds is 21. The molecule has 0 unspecified atom stereocenters. The first-order valence-corrected chi connectivity index (χ1v) is 32.6. The maximum Gasteiger partial charge on any atom is 0.299 e. The minimum absolute atomic E-state index is 0.0346. The Morgan fingerprint density at radius 1 is 0.759 bits per heavy atom. The van der Waals surface area contributed by atoms with Crippen molar-refractivity contribution in [1.29, 1.82) is 5.26 Å². The summed E-state index contributed by atoms with van der Waals surface area (Å²) in [6, 6.07) is 15.6. The van der Waals surface area contributed by atoms with Gasteiger partial charge in [0, 0.05) is 34.2 Å². The summed E-state index contributed by atoms with van der Waals surface area (Å²) in [6.07, 6.45) is -0.315. The molecule has 436 valence electrons. The van der Waals surface area contributed by atoms with Gasteiger partial charge in [-0.3, -0.25) is 32.0 Å². The van der Waals surface area contributed by atoms with Gasteiger partial charge in [-0.15, -0.1) is 42.4 Å². The highest BCUT2D eigenvalue weighted by atomic mass is 32.2. The Labute approximate surface area is 478 Å². The first-order valence-electron chi connectivity index (χ1n) is 23.2. The van der Waals surface area contributed by atoms with Crippen LogP contribution in [0.5, 0.6) is 17.4 Å². The summed E-state index contributed by atoms with van der Waals surface area (Å²) in [4.78, 5) is 17.9. The largest absolute Gasteiger partial charge is 0.495 e. The number of anilines is 1. The minimum Gasteiger partial charge on any atom is -0.495 e. The number of imidazole rings is 1. The summed E-state index contributed by atoms with van der Waals surface area (Å²) in [5.74, 6) is -3.41. The maximum absolute atomic E-state index is 12.7. The molecule has 1 amide bonds. The molecule has 0 radical (unpaired) electrons. The molecule has 0 bridgehead atoms. The Bertz CT molecular complexity index is 4770. The number of hydrogen-bond acceptors (Lipinski definition) is 25. The standard InChI is InChI=1S/C46H41N11O19S7/c1-22-15-33(54-52-31-19-35(76-11-7-13-79(60,61)62)32(18-30(31)48-24(3)58)53-55-39-23(2)27(21-47)44-49-28-9-5-6-10-34(28)57(44)45(39)59)36(77-12-8-14-80(63,64)65)20-29(22)51-56-46-50-40-37(81(66,67)68)16-25-26(42(40)78-46)17-38(82(69,70)71)43(41(25)75-4)83(72,73)74/h5-6,9-10,15-20,59H,7-8,11-14H2,1-4H3,(H,48,58)(H,60,61,62)(H,63,64,65)(H,66,67,68)(H,69,70,71)(H,72,73,74). The monoisotopic (exact) mass is 1280 g/mol. The van der Waals surface area contributed by atoms with Gasteiger partial charge in [0.15, 0.2) is 16.2 Å². The highest BCUT2D eigenvalue weighted by Crippen LogP contribution is 2.47. The molecule has 3 aromatic heterocycles. The number of para-hydroxylation sites is 2. The lowest BCUT2D eigenvalue weighted by Gasteiger charge is -2.14. The van der Waals surface area contributed by atoms with E-state index in [4.69, 9.17) is 9.47 Å². The van der Waals surface area contributed by atoms with Crippen molar-refractivity contribution >= 4 is 157 Å². The lowest BCUT2D eigenvalue weighted by Crippen LogP contribution is -2.11. The number of ether oxygens (including phenoxy) is 2. The molecule has 0 aliphatic rings. The van der Waals surface area contributed by atoms with Crippen LogP contribution in [0.1, 0.15) is 36.5 Å². The third-order valence-corrected chi connectivity index (χ3v) is 18.2. The normalized spacial score (nSPS) is 12.9. The average molecular weight is 1280 g/mol. The smallest absolute Gasteiger partial charge is 0.299 e. The number of aromatic nitrogens is 3. The molecule has 0 spiro atoms. The second-order valence-corrected chi connectivity index (χ2v) is 26.9. The summed E-state index contributed by atoms with van der Waals surface area (Å²) in [7, 11) is -24.2. The van der Waals surface area contributed by atoms with Crippen molar-refractivity contribution in [3.8, 4) is 23.4 Å². The van der Waals surface area contributed by atoms with E-state index in [2.05, 4.69) is 52.0 Å². The lowest BCUT2D eigenvalue weighted by atomic mass is 10.1. The van der Waals surface area contributed by atoms with Gasteiger partial charge < -0.3 is 19.9 Å². The predicted octanol–water partition coefficient (Wildman–Crippen LogP) is 9.42. The molecule has 0 saturated carbocycles. The summed E-state index contributed by atoms with van der Waals surface area (Å²) >= 11 is 1.58. The molecular formula is C46H41N11O19S7. The Morgan fingerprint density at radius 3 is 2.04 bits per heavy atom. The second-order valence-electron chi connectivity index (χ2n) is 17.6. The molecule has 0 aliphatic carbocycles. The van der Waals surface area contributed by atoms with Gasteiger partial charge in [0.25, 0.3) is 50.6 Å². The Kier molecular flexibility index (Phi) is 17.4. The van der Waals surface area contributed by atoms with Crippen molar-refractivity contribution in [2.45, 2.75) is 53.2 Å². The number of thiazole rings is 1. The molecule has 8 rings (SSSR count). The van der Waals surface area contributed by atoms with Crippen molar-refractivity contribution in [2.24, 2.45) is 30.7 Å². The number of carbonyl (C=O) groups is 1. The van der Waals surface area contributed by atoms with Crippen LogP contribution < -0.4 is 14.8 Å². The van der Waals surface area contributed by atoms with E-state index in [1.54, 1.807) is 31.2 Å². The van der Waals surface area contributed by atoms with Gasteiger partial charge in [-0.25, -0.2) is 9.97 Å². The Hall–Kier alpha value is -7.74. The second kappa shape index (κ2) is 23.5. The van der Waals surface area contributed by atoms with E-state index in [0.717, 1.165) is 18.9 Å². The first-order chi connectivity index (χ1) is 38.8. The quantitative estimate of drug-likeness (QED) is 0.0152. The van der Waals surface area contributed by atoms with Crippen molar-refractivity contribution in [3.05, 3.63) is 77.4 Å². The number of nitrogens with zero attached hydrogens (tertiary/aromatic N) is 10. The lowest BCUT2D eigenvalue weighted by molar-refractivity contribution is -0.114. The molecule has 0 atom stereocenters. The number of hydrogen-bond donors (Lipinski definition) is 7. The van der Waals surface area contributed by atoms with E-state index in [1.165, 1.54) is 42.5 Å². The number of nitrogens with one attached hydrogen (secondary N) is 1. The molecule has 0 saturated heterocycles. The third-order valence-electron chi connectivity index (χ3n) is 11.7. The minimum atomic E-state index is -5.51. The van der Waals surface area contributed by atoms with Crippen LogP contribution in [0, 0.1) is 25.2 Å². The molecule has 83 heavy (non-hydrogen) atoms. The van der Waals surface area contributed by atoms with E-state index in [0.29, 0.717) is 40.1 Å². The number of carbonyl (C=O) groups excluding carboxylic acids is 1. The number of benzene rings is 5. The molecule has 30 nitrogen and oxygen atoms in total. The fourth-order valence-corrected chi connectivity index (χ4v) is 13.9. The van der Waals surface area contributed by atoms with Gasteiger partial charge >= 0.3 is 0 Å². The van der Waals surface area contributed by atoms with Crippen LogP contribution in [0.4, 0.5) is 39.3 Å². The van der Waals surface area contributed by atoms with E-state index in [-0.39, 0.29) is 102 Å². The van der Waals surface area contributed by atoms with Crippen molar-refractivity contribution in [1.82, 2.24) is 14.4 Å². The fourth-order valence-electron chi connectivity index (χ4n) is 8.16. The number of fused-ring (bicyclic) bond motifs is 6. The van der Waals surface area contributed by atoms with Crippen LogP contribution in [-0.4, -0.2) is 121 Å². The summed E-state index contributed by atoms with van der Waals surface area (Å²) in [5.41, 5.74) is 0.836. The van der Waals surface area contributed by atoms with Crippen LogP contribution in [0.3, 0.4) is 0 Å². The van der Waals surface area contributed by atoms with Gasteiger partial charge in [-0.05, 0) is 80.5 Å². The summed E-state index contributed by atoms with van der Waals surface area (Å²) in [6.45, 7) is 3.90. The van der Waals surface area contributed by atoms with Gasteiger partial charge in [-0.2, -0.15) is 47.4 Å². The summed E-state index contributed by atoms with van der Waals surface area (Å²) < 4.78 is 183. The third kappa shape index (κ3) is 13.7. The van der Waals surface area contributed by atoms with Crippen molar-refractivity contribution in [3.63, 3.8) is 0 Å². The molecule has 8 aromatic rings. The number of amides is 1. The number of pyridine rings is 1. The predicted molar refractivity (Wildman–Crippen MR) is 300 cm³/mol. The SMILES string of the molecule is COc1c(S(=O)(=O)O)c(S(=O)(=O)O)cc2c1cc(S(=O)(=O)O)c1nc(N=Nc3cc(SCCCS(=O)(=O)O)c(N=Nc4cc(OCCCS(=O)(=O)O)c(N=Nc5c(C)c(C#N)c6nc7ccccc7n6c5O)cc4NC(C)=O)cc3C)sc12. The molecule has 5 aromatic carbocycles. The maximum atomic E-state index is 12.7. The molecular weight excluding hydrogens is 1240 g/mol. The summed E-state index contributed by atoms with van der Waals surface area (Å²) in [5, 5.41) is 49.1. The van der Waals surface area contributed by atoms with Crippen LogP contribution in [0.25, 0.3) is 37.7 Å². The highest BCUT2D eigenvalue weighted by molar-refractivity contribution is 7.99. The van der Waals surface area contributed by atoms with E-state index in [1.807, 2.05) is 0 Å². The highest BCUT2D eigenvalue weighted by Gasteiger charge is 2.33. The zero-order valence-electron chi connectivity index (χ0n) is 42.8. The van der Waals surface area contributed by atoms with Gasteiger partial charge in [-0.1, -0.05) is 23.5 Å². The molecule has 3 heterocycles. The number of nitriles is 1. The van der Waals surface area contributed by atoms with Crippen LogP contribution in [0.2, 0.25) is 0 Å². The fraction of sp³-hybridized carbons (Fsp3) is 0.217. The first kappa shape index (κ1) is 61.3. The number of azo groups is 3. The average Bonchev–Trinajstić information content (AvgIpc) is 4.17. The van der Waals surface area contributed by atoms with Gasteiger partial charge in [0.2, 0.25) is 16.9 Å². The number of thioether (sulfide) groups is 1. The van der Waals surface area contributed by atoms with Crippen molar-refractivity contribution in [2.75, 3.05) is 36.3 Å². The van der Waals surface area contributed by atoms with Crippen LogP contribution in [-0.2, 0) is 55.4 Å².